The first-order chi connectivity index (χ1) is 18.0. The fraction of sp³-hybridized carbons (Fsp3) is 0.500. The number of rotatable bonds is 6. The lowest BCUT2D eigenvalue weighted by Crippen LogP contribution is -2.42. The van der Waals surface area contributed by atoms with E-state index >= 15 is 0 Å². The number of benzene rings is 1. The zero-order valence-corrected chi connectivity index (χ0v) is 22.6. The molecule has 6 rings (SSSR count). The molecule has 3 aliphatic rings. The molecule has 0 amide bonds. The SMILES string of the molecule is CCOC(=O)[C@H]1CCc2c(sc3ncnc(Nc4cc5c(cc4N4CCC(N(C)C)CC4)CN=C5)c23)C1. The predicted molar refractivity (Wildman–Crippen MR) is 150 cm³/mol. The van der Waals surface area contributed by atoms with Crippen LogP contribution in [-0.2, 0) is 28.9 Å². The molecule has 9 heteroatoms. The lowest BCUT2D eigenvalue weighted by molar-refractivity contribution is -0.148. The number of esters is 1. The van der Waals surface area contributed by atoms with Crippen LogP contribution in [0, 0.1) is 5.92 Å². The Hall–Kier alpha value is -3.04. The quantitative estimate of drug-likeness (QED) is 0.479. The minimum absolute atomic E-state index is 0.0717. The molecule has 8 nitrogen and oxygen atoms in total. The van der Waals surface area contributed by atoms with E-state index in [1.165, 1.54) is 27.3 Å². The Morgan fingerprint density at radius 2 is 2.05 bits per heavy atom. The molecule has 1 atom stereocenters. The summed E-state index contributed by atoms with van der Waals surface area (Å²) in [5.74, 6) is 0.687. The maximum atomic E-state index is 12.4. The van der Waals surface area contributed by atoms with E-state index in [1.54, 1.807) is 17.7 Å². The van der Waals surface area contributed by atoms with E-state index in [0.29, 0.717) is 12.6 Å². The van der Waals surface area contributed by atoms with Crippen molar-refractivity contribution in [2.75, 3.05) is 44.0 Å². The van der Waals surface area contributed by atoms with Crippen molar-refractivity contribution in [3.8, 4) is 0 Å². The molecule has 1 fully saturated rings. The summed E-state index contributed by atoms with van der Waals surface area (Å²) in [6, 6.07) is 5.16. The number of fused-ring (bicyclic) bond motifs is 4. The molecule has 1 saturated heterocycles. The first-order valence-corrected chi connectivity index (χ1v) is 14.1. The number of anilines is 3. The number of hydrogen-bond donors (Lipinski definition) is 1. The lowest BCUT2D eigenvalue weighted by atomic mass is 9.88. The maximum Gasteiger partial charge on any atom is 0.309 e. The van der Waals surface area contributed by atoms with Gasteiger partial charge in [-0.05, 0) is 81.9 Å². The molecule has 0 bridgehead atoms. The number of nitrogens with one attached hydrogen (secondary N) is 1. The van der Waals surface area contributed by atoms with Gasteiger partial charge in [-0.1, -0.05) is 0 Å². The Labute approximate surface area is 221 Å². The van der Waals surface area contributed by atoms with E-state index < -0.39 is 0 Å². The summed E-state index contributed by atoms with van der Waals surface area (Å²) < 4.78 is 5.31. The van der Waals surface area contributed by atoms with Gasteiger partial charge >= 0.3 is 5.97 Å². The summed E-state index contributed by atoms with van der Waals surface area (Å²) in [7, 11) is 4.35. The Kier molecular flexibility index (Phi) is 6.58. The third-order valence-corrected chi connectivity index (χ3v) is 9.17. The Morgan fingerprint density at radius 1 is 1.22 bits per heavy atom. The normalized spacial score (nSPS) is 19.4. The highest BCUT2D eigenvalue weighted by Crippen LogP contribution is 2.42. The van der Waals surface area contributed by atoms with Crippen LogP contribution in [0.4, 0.5) is 17.2 Å². The van der Waals surface area contributed by atoms with Gasteiger partial charge in [0.2, 0.25) is 0 Å². The monoisotopic (exact) mass is 518 g/mol. The molecule has 2 aliphatic heterocycles. The van der Waals surface area contributed by atoms with Crippen molar-refractivity contribution < 1.29 is 9.53 Å². The van der Waals surface area contributed by atoms with Crippen LogP contribution in [0.1, 0.15) is 47.8 Å². The van der Waals surface area contributed by atoms with E-state index in [2.05, 4.69) is 51.3 Å². The smallest absolute Gasteiger partial charge is 0.309 e. The van der Waals surface area contributed by atoms with Crippen LogP contribution in [0.15, 0.2) is 23.5 Å². The van der Waals surface area contributed by atoms with Crippen LogP contribution in [0.25, 0.3) is 10.2 Å². The highest BCUT2D eigenvalue weighted by Gasteiger charge is 2.30. The van der Waals surface area contributed by atoms with Crippen LogP contribution in [-0.4, -0.2) is 66.9 Å². The molecule has 1 aliphatic carbocycles. The number of hydrogen-bond acceptors (Lipinski definition) is 9. The van der Waals surface area contributed by atoms with Gasteiger partial charge in [-0.2, -0.15) is 0 Å². The first-order valence-electron chi connectivity index (χ1n) is 13.3. The number of carbonyl (C=O) groups excluding carboxylic acids is 1. The molecule has 1 aromatic carbocycles. The van der Waals surface area contributed by atoms with Gasteiger partial charge in [0.15, 0.2) is 0 Å². The number of nitrogens with zero attached hydrogens (tertiary/aromatic N) is 5. The summed E-state index contributed by atoms with van der Waals surface area (Å²) in [5, 5.41) is 4.81. The van der Waals surface area contributed by atoms with Crippen molar-refractivity contribution in [1.82, 2.24) is 14.9 Å². The van der Waals surface area contributed by atoms with Crippen molar-refractivity contribution in [2.45, 2.75) is 51.6 Å². The predicted octanol–water partition coefficient (Wildman–Crippen LogP) is 4.57. The van der Waals surface area contributed by atoms with E-state index in [9.17, 15) is 4.79 Å². The maximum absolute atomic E-state index is 12.4. The number of carbonyl (C=O) groups is 1. The molecule has 0 radical (unpaired) electrons. The average molecular weight is 519 g/mol. The number of piperidine rings is 1. The second kappa shape index (κ2) is 10.0. The topological polar surface area (TPSA) is 82.9 Å². The van der Waals surface area contributed by atoms with Crippen LogP contribution in [0.2, 0.25) is 0 Å². The van der Waals surface area contributed by atoms with Crippen LogP contribution >= 0.6 is 11.3 Å². The van der Waals surface area contributed by atoms with Crippen molar-refractivity contribution in [3.05, 3.63) is 40.0 Å². The van der Waals surface area contributed by atoms with Crippen molar-refractivity contribution in [1.29, 1.82) is 0 Å². The molecule has 1 N–H and O–H groups in total. The van der Waals surface area contributed by atoms with E-state index in [0.717, 1.165) is 73.5 Å². The Bertz CT molecular complexity index is 1360. The standard InChI is InChI=1S/C28H34N6O2S/c1-4-36-28(35)17-5-6-21-24(13-17)37-27-25(21)26(30-16-31-27)32-22-11-18-14-29-15-19(18)12-23(22)34-9-7-20(8-10-34)33(2)3/h11-12,14,16-17,20H,4-10,13,15H2,1-3H3,(H,30,31,32)/t17-/m0/s1. The summed E-state index contributed by atoms with van der Waals surface area (Å²) in [6.07, 6.45) is 8.27. The number of aryl methyl sites for hydroxylation is 1. The van der Waals surface area contributed by atoms with Crippen molar-refractivity contribution in [3.63, 3.8) is 0 Å². The molecule has 0 spiro atoms. The van der Waals surface area contributed by atoms with Gasteiger partial charge in [0.05, 0.1) is 35.8 Å². The van der Waals surface area contributed by atoms with Crippen LogP contribution < -0.4 is 10.2 Å². The van der Waals surface area contributed by atoms with Gasteiger partial charge < -0.3 is 19.9 Å². The highest BCUT2D eigenvalue weighted by molar-refractivity contribution is 7.19. The van der Waals surface area contributed by atoms with Gasteiger partial charge in [0.1, 0.15) is 17.0 Å². The van der Waals surface area contributed by atoms with E-state index in [1.807, 2.05) is 13.1 Å². The molecule has 0 unspecified atom stereocenters. The molecule has 0 saturated carbocycles. The van der Waals surface area contributed by atoms with E-state index in [-0.39, 0.29) is 11.9 Å². The average Bonchev–Trinajstić information content (AvgIpc) is 3.52. The summed E-state index contributed by atoms with van der Waals surface area (Å²) in [6.45, 7) is 5.09. The molecular weight excluding hydrogens is 484 g/mol. The number of aliphatic imine (C=N–C) groups is 1. The number of ether oxygens (including phenoxy) is 1. The summed E-state index contributed by atoms with van der Waals surface area (Å²) in [5.41, 5.74) is 6.01. The Morgan fingerprint density at radius 3 is 2.84 bits per heavy atom. The second-order valence-corrected chi connectivity index (χ2v) is 11.5. The van der Waals surface area contributed by atoms with Crippen LogP contribution in [0.5, 0.6) is 0 Å². The minimum atomic E-state index is -0.0856. The number of thiophene rings is 1. The van der Waals surface area contributed by atoms with Gasteiger partial charge in [0.25, 0.3) is 0 Å². The summed E-state index contributed by atoms with van der Waals surface area (Å²) >= 11 is 1.68. The van der Waals surface area contributed by atoms with Gasteiger partial charge in [-0.15, -0.1) is 11.3 Å². The summed E-state index contributed by atoms with van der Waals surface area (Å²) in [4.78, 5) is 33.3. The van der Waals surface area contributed by atoms with Crippen LogP contribution in [0.3, 0.4) is 0 Å². The molecule has 3 aromatic rings. The van der Waals surface area contributed by atoms with Gasteiger partial charge in [-0.25, -0.2) is 9.97 Å². The van der Waals surface area contributed by atoms with Gasteiger partial charge in [0, 0.05) is 30.2 Å². The third-order valence-electron chi connectivity index (χ3n) is 8.00. The largest absolute Gasteiger partial charge is 0.466 e. The molecular formula is C28H34N6O2S. The van der Waals surface area contributed by atoms with E-state index in [4.69, 9.17) is 9.72 Å². The molecule has 37 heavy (non-hydrogen) atoms. The fourth-order valence-corrected chi connectivity index (χ4v) is 7.19. The highest BCUT2D eigenvalue weighted by atomic mass is 32.1. The van der Waals surface area contributed by atoms with Crippen molar-refractivity contribution >= 4 is 50.9 Å². The number of aromatic nitrogens is 2. The zero-order valence-electron chi connectivity index (χ0n) is 21.8. The third kappa shape index (κ3) is 4.59. The van der Waals surface area contributed by atoms with Crippen molar-refractivity contribution in [2.24, 2.45) is 10.9 Å². The first kappa shape index (κ1) is 24.3. The van der Waals surface area contributed by atoms with Gasteiger partial charge in [-0.3, -0.25) is 9.79 Å². The second-order valence-electron chi connectivity index (χ2n) is 10.4. The fourth-order valence-electron chi connectivity index (χ4n) is 5.93. The molecule has 194 valence electrons. The zero-order chi connectivity index (χ0) is 25.5. The molecule has 2 aromatic heterocycles. The molecule has 4 heterocycles. The Balaban J connectivity index is 1.33. The minimum Gasteiger partial charge on any atom is -0.466 e. The lowest BCUT2D eigenvalue weighted by Gasteiger charge is -2.37.